The van der Waals surface area contributed by atoms with Crippen LogP contribution in [0.15, 0.2) is 18.2 Å². The number of nitrogens with zero attached hydrogens (tertiary/aromatic N) is 2. The van der Waals surface area contributed by atoms with Gasteiger partial charge in [-0.3, -0.25) is 4.90 Å². The number of benzene rings is 1. The van der Waals surface area contributed by atoms with Crippen molar-refractivity contribution >= 4 is 23.2 Å². The van der Waals surface area contributed by atoms with E-state index in [2.05, 4.69) is 6.07 Å². The van der Waals surface area contributed by atoms with Crippen molar-refractivity contribution in [1.29, 1.82) is 5.26 Å². The fourth-order valence-electron chi connectivity index (χ4n) is 1.50. The van der Waals surface area contributed by atoms with Crippen LogP contribution in [-0.4, -0.2) is 29.7 Å². The Hall–Kier alpha value is -0.790. The maximum Gasteiger partial charge on any atom is 0.0868 e. The summed E-state index contributed by atoms with van der Waals surface area (Å²) < 4.78 is 0. The van der Waals surface area contributed by atoms with Crippen LogP contribution < -0.4 is 0 Å². The second-order valence-corrected chi connectivity index (χ2v) is 4.51. The molecule has 0 fully saturated rings. The van der Waals surface area contributed by atoms with Gasteiger partial charge < -0.3 is 5.11 Å². The first-order valence-corrected chi connectivity index (χ1v) is 6.07. The maximum absolute atomic E-state index is 8.78. The van der Waals surface area contributed by atoms with E-state index >= 15 is 0 Å². The minimum Gasteiger partial charge on any atom is -0.396 e. The summed E-state index contributed by atoms with van der Waals surface area (Å²) in [6, 6.07) is 7.54. The van der Waals surface area contributed by atoms with Gasteiger partial charge >= 0.3 is 0 Å². The molecular formula is C12H14Cl2N2O. The van der Waals surface area contributed by atoms with Crippen molar-refractivity contribution in [2.24, 2.45) is 0 Å². The Balaban J connectivity index is 2.65. The molecule has 0 aromatic heterocycles. The lowest BCUT2D eigenvalue weighted by Crippen LogP contribution is -2.25. The summed E-state index contributed by atoms with van der Waals surface area (Å²) in [5.74, 6) is 0. The molecule has 0 amide bonds. The fraction of sp³-hybridized carbons (Fsp3) is 0.417. The van der Waals surface area contributed by atoms with Crippen molar-refractivity contribution in [3.8, 4) is 6.07 Å². The van der Waals surface area contributed by atoms with E-state index in [9.17, 15) is 0 Å². The van der Waals surface area contributed by atoms with Crippen molar-refractivity contribution in [3.05, 3.63) is 33.8 Å². The van der Waals surface area contributed by atoms with Gasteiger partial charge in [0.2, 0.25) is 0 Å². The van der Waals surface area contributed by atoms with E-state index < -0.39 is 0 Å². The summed E-state index contributed by atoms with van der Waals surface area (Å²) in [7, 11) is 0. The Labute approximate surface area is 111 Å². The first kappa shape index (κ1) is 14.3. The number of hydrogen-bond donors (Lipinski definition) is 1. The van der Waals surface area contributed by atoms with E-state index in [0.29, 0.717) is 36.1 Å². The fourth-order valence-corrected chi connectivity index (χ4v) is 1.83. The quantitative estimate of drug-likeness (QED) is 0.811. The molecule has 0 unspecified atom stereocenters. The summed E-state index contributed by atoms with van der Waals surface area (Å²) in [6.45, 7) is 1.78. The molecule has 1 aromatic carbocycles. The maximum atomic E-state index is 8.78. The largest absolute Gasteiger partial charge is 0.396 e. The number of halogens is 2. The predicted octanol–water partition coefficient (Wildman–Crippen LogP) is 2.70. The lowest BCUT2D eigenvalue weighted by molar-refractivity contribution is 0.233. The smallest absolute Gasteiger partial charge is 0.0868 e. The van der Waals surface area contributed by atoms with Crippen molar-refractivity contribution < 1.29 is 5.11 Å². The van der Waals surface area contributed by atoms with Crippen LogP contribution >= 0.6 is 23.2 Å². The van der Waals surface area contributed by atoms with Gasteiger partial charge in [-0.05, 0) is 24.1 Å². The minimum absolute atomic E-state index is 0.128. The highest BCUT2D eigenvalue weighted by Gasteiger charge is 2.06. The van der Waals surface area contributed by atoms with Gasteiger partial charge in [-0.15, -0.1) is 0 Å². The summed E-state index contributed by atoms with van der Waals surface area (Å²) >= 11 is 11.8. The molecule has 1 N–H and O–H groups in total. The Bertz CT molecular complexity index is 404. The molecule has 17 heavy (non-hydrogen) atoms. The molecule has 0 saturated heterocycles. The van der Waals surface area contributed by atoms with Crippen LogP contribution in [0.4, 0.5) is 0 Å². The average molecular weight is 273 g/mol. The van der Waals surface area contributed by atoms with Crippen LogP contribution in [0.5, 0.6) is 0 Å². The summed E-state index contributed by atoms with van der Waals surface area (Å²) in [5, 5.41) is 18.5. The van der Waals surface area contributed by atoms with Gasteiger partial charge in [-0.1, -0.05) is 29.3 Å². The number of rotatable bonds is 6. The molecule has 0 bridgehead atoms. The van der Waals surface area contributed by atoms with E-state index in [1.54, 1.807) is 12.1 Å². The zero-order valence-electron chi connectivity index (χ0n) is 9.37. The first-order chi connectivity index (χ1) is 8.17. The second kappa shape index (κ2) is 7.52. The number of nitriles is 1. The van der Waals surface area contributed by atoms with Crippen LogP contribution in [-0.2, 0) is 6.54 Å². The Kier molecular flexibility index (Phi) is 6.31. The standard InChI is InChI=1S/C12H14Cl2N2O/c13-11-3-2-10(8-12(11)14)9-16(6-4-15)5-1-7-17/h2-3,8,17H,1,5-7,9H2. The third-order valence-corrected chi connectivity index (χ3v) is 3.06. The van der Waals surface area contributed by atoms with Crippen molar-refractivity contribution in [2.75, 3.05) is 19.7 Å². The van der Waals surface area contributed by atoms with E-state index in [1.807, 2.05) is 11.0 Å². The zero-order valence-corrected chi connectivity index (χ0v) is 10.9. The van der Waals surface area contributed by atoms with Crippen LogP contribution in [0.1, 0.15) is 12.0 Å². The van der Waals surface area contributed by atoms with Crippen LogP contribution in [0, 0.1) is 11.3 Å². The monoisotopic (exact) mass is 272 g/mol. The molecule has 0 aliphatic carbocycles. The highest BCUT2D eigenvalue weighted by molar-refractivity contribution is 6.42. The molecule has 0 aliphatic rings. The van der Waals surface area contributed by atoms with Crippen molar-refractivity contribution in [2.45, 2.75) is 13.0 Å². The predicted molar refractivity (Wildman–Crippen MR) is 69.1 cm³/mol. The third-order valence-electron chi connectivity index (χ3n) is 2.32. The van der Waals surface area contributed by atoms with Gasteiger partial charge in [0.1, 0.15) is 0 Å². The molecule has 1 rings (SSSR count). The minimum atomic E-state index is 0.128. The van der Waals surface area contributed by atoms with Gasteiger partial charge in [0.05, 0.1) is 22.7 Å². The zero-order chi connectivity index (χ0) is 12.7. The lowest BCUT2D eigenvalue weighted by Gasteiger charge is -2.18. The topological polar surface area (TPSA) is 47.3 Å². The summed E-state index contributed by atoms with van der Waals surface area (Å²) in [6.07, 6.45) is 0.656. The van der Waals surface area contributed by atoms with E-state index in [0.717, 1.165) is 5.56 Å². The Morgan fingerprint density at radius 1 is 1.29 bits per heavy atom. The number of aliphatic hydroxyl groups is 1. The van der Waals surface area contributed by atoms with Crippen molar-refractivity contribution in [1.82, 2.24) is 4.90 Å². The van der Waals surface area contributed by atoms with E-state index in [1.165, 1.54) is 0 Å². The van der Waals surface area contributed by atoms with E-state index in [4.69, 9.17) is 33.6 Å². The van der Waals surface area contributed by atoms with Gasteiger partial charge in [0, 0.05) is 19.7 Å². The number of hydrogen-bond acceptors (Lipinski definition) is 3. The van der Waals surface area contributed by atoms with Gasteiger partial charge in [-0.25, -0.2) is 0 Å². The van der Waals surface area contributed by atoms with Gasteiger partial charge in [0.15, 0.2) is 0 Å². The molecule has 0 aliphatic heterocycles. The highest BCUT2D eigenvalue weighted by Crippen LogP contribution is 2.23. The van der Waals surface area contributed by atoms with Gasteiger partial charge in [0.25, 0.3) is 0 Å². The molecule has 5 heteroatoms. The summed E-state index contributed by atoms with van der Waals surface area (Å²) in [5.41, 5.74) is 1.01. The number of aliphatic hydroxyl groups excluding tert-OH is 1. The Morgan fingerprint density at radius 2 is 2.06 bits per heavy atom. The molecular weight excluding hydrogens is 259 g/mol. The molecule has 0 radical (unpaired) electrons. The van der Waals surface area contributed by atoms with Crippen LogP contribution in [0.2, 0.25) is 10.0 Å². The molecule has 0 spiro atoms. The Morgan fingerprint density at radius 3 is 2.65 bits per heavy atom. The molecule has 0 atom stereocenters. The average Bonchev–Trinajstić information content (AvgIpc) is 2.31. The van der Waals surface area contributed by atoms with Crippen LogP contribution in [0.3, 0.4) is 0 Å². The normalized spacial score (nSPS) is 10.5. The van der Waals surface area contributed by atoms with E-state index in [-0.39, 0.29) is 6.61 Å². The molecule has 0 saturated carbocycles. The third kappa shape index (κ3) is 4.93. The first-order valence-electron chi connectivity index (χ1n) is 5.31. The molecule has 92 valence electrons. The van der Waals surface area contributed by atoms with Crippen molar-refractivity contribution in [3.63, 3.8) is 0 Å². The van der Waals surface area contributed by atoms with Gasteiger partial charge in [-0.2, -0.15) is 5.26 Å². The molecule has 3 nitrogen and oxygen atoms in total. The SMILES string of the molecule is N#CCN(CCCO)Cc1ccc(Cl)c(Cl)c1. The van der Waals surface area contributed by atoms with Crippen LogP contribution in [0.25, 0.3) is 0 Å². The molecule has 0 heterocycles. The molecule has 1 aromatic rings. The second-order valence-electron chi connectivity index (χ2n) is 3.69. The summed E-state index contributed by atoms with van der Waals surface area (Å²) in [4.78, 5) is 1.95. The highest BCUT2D eigenvalue weighted by atomic mass is 35.5. The lowest BCUT2D eigenvalue weighted by atomic mass is 10.2.